The van der Waals surface area contributed by atoms with Crippen LogP contribution in [0, 0.1) is 12.7 Å². The van der Waals surface area contributed by atoms with Crippen LogP contribution in [0.25, 0.3) is 0 Å². The average Bonchev–Trinajstić information content (AvgIpc) is 2.69. The van der Waals surface area contributed by atoms with Crippen molar-refractivity contribution in [3.05, 3.63) is 29.6 Å². The van der Waals surface area contributed by atoms with Crippen molar-refractivity contribution in [2.45, 2.75) is 38.6 Å². The quantitative estimate of drug-likeness (QED) is 0.797. The molecule has 1 aromatic rings. The number of benzene rings is 1. The fourth-order valence-corrected chi connectivity index (χ4v) is 2.39. The fourth-order valence-electron chi connectivity index (χ4n) is 2.39. The van der Waals surface area contributed by atoms with Crippen molar-refractivity contribution in [2.24, 2.45) is 0 Å². The average molecular weight is 279 g/mol. The topological polar surface area (TPSA) is 53.2 Å². The Morgan fingerprint density at radius 2 is 2.25 bits per heavy atom. The van der Waals surface area contributed by atoms with Crippen LogP contribution < -0.4 is 16.0 Å². The van der Waals surface area contributed by atoms with Crippen molar-refractivity contribution in [1.29, 1.82) is 0 Å². The van der Waals surface area contributed by atoms with E-state index in [0.29, 0.717) is 23.8 Å². The summed E-state index contributed by atoms with van der Waals surface area (Å²) in [6.07, 6.45) is 4.76. The highest BCUT2D eigenvalue weighted by atomic mass is 19.1. The maximum atomic E-state index is 13.1. The van der Waals surface area contributed by atoms with Crippen molar-refractivity contribution < 1.29 is 9.18 Å². The van der Waals surface area contributed by atoms with E-state index in [9.17, 15) is 9.18 Å². The number of aryl methyl sites for hydroxylation is 1. The number of urea groups is 1. The van der Waals surface area contributed by atoms with E-state index in [1.54, 1.807) is 19.1 Å². The number of hydrogen-bond acceptors (Lipinski definition) is 2. The Hall–Kier alpha value is -1.62. The van der Waals surface area contributed by atoms with E-state index < -0.39 is 0 Å². The van der Waals surface area contributed by atoms with Gasteiger partial charge in [-0.1, -0.05) is 12.8 Å². The Morgan fingerprint density at radius 3 is 3.05 bits per heavy atom. The molecule has 1 heterocycles. The van der Waals surface area contributed by atoms with Crippen LogP contribution in [-0.2, 0) is 0 Å². The zero-order chi connectivity index (χ0) is 14.4. The molecule has 4 nitrogen and oxygen atoms in total. The van der Waals surface area contributed by atoms with Crippen molar-refractivity contribution in [1.82, 2.24) is 10.6 Å². The van der Waals surface area contributed by atoms with Gasteiger partial charge in [-0.05, 0) is 50.1 Å². The van der Waals surface area contributed by atoms with E-state index in [-0.39, 0.29) is 11.8 Å². The molecule has 2 rings (SSSR count). The highest BCUT2D eigenvalue weighted by Crippen LogP contribution is 2.13. The Kier molecular flexibility index (Phi) is 5.35. The van der Waals surface area contributed by atoms with Crippen LogP contribution in [0.4, 0.5) is 14.9 Å². The molecule has 0 aliphatic carbocycles. The molecule has 0 bridgehead atoms. The van der Waals surface area contributed by atoms with Gasteiger partial charge in [0.05, 0.1) is 0 Å². The number of halogens is 1. The lowest BCUT2D eigenvalue weighted by Crippen LogP contribution is -2.41. The van der Waals surface area contributed by atoms with Gasteiger partial charge in [-0.3, -0.25) is 0 Å². The summed E-state index contributed by atoms with van der Waals surface area (Å²) in [6.45, 7) is 3.31. The molecule has 0 radical (unpaired) electrons. The number of rotatable bonds is 3. The first-order chi connectivity index (χ1) is 9.65. The molecule has 1 aliphatic rings. The Bertz CT molecular complexity index is 456. The molecule has 0 aromatic heterocycles. The van der Waals surface area contributed by atoms with Crippen molar-refractivity contribution in [3.8, 4) is 0 Å². The van der Waals surface area contributed by atoms with Gasteiger partial charge in [-0.25, -0.2) is 9.18 Å². The van der Waals surface area contributed by atoms with Crippen molar-refractivity contribution in [2.75, 3.05) is 18.4 Å². The molecule has 1 aliphatic heterocycles. The summed E-state index contributed by atoms with van der Waals surface area (Å²) < 4.78 is 13.1. The van der Waals surface area contributed by atoms with Gasteiger partial charge in [0.15, 0.2) is 0 Å². The van der Waals surface area contributed by atoms with Crippen LogP contribution in [0.3, 0.4) is 0 Å². The lowest BCUT2D eigenvalue weighted by molar-refractivity contribution is 0.250. The van der Waals surface area contributed by atoms with Crippen molar-refractivity contribution >= 4 is 11.7 Å². The molecule has 1 saturated heterocycles. The minimum absolute atomic E-state index is 0.248. The summed E-state index contributed by atoms with van der Waals surface area (Å²) in [5, 5.41) is 9.00. The van der Waals surface area contributed by atoms with Gasteiger partial charge >= 0.3 is 6.03 Å². The van der Waals surface area contributed by atoms with Crippen LogP contribution in [0.2, 0.25) is 0 Å². The van der Waals surface area contributed by atoms with Crippen LogP contribution >= 0.6 is 0 Å². The second-order valence-electron chi connectivity index (χ2n) is 5.30. The maximum Gasteiger partial charge on any atom is 0.319 e. The zero-order valence-electron chi connectivity index (χ0n) is 11.8. The minimum atomic E-state index is -0.265. The Balaban J connectivity index is 1.78. The SMILES string of the molecule is Cc1cc(NC(=O)NC[C@@H]2CCCCCN2)ccc1F. The van der Waals surface area contributed by atoms with E-state index in [4.69, 9.17) is 0 Å². The van der Waals surface area contributed by atoms with Crippen LogP contribution in [0.5, 0.6) is 0 Å². The minimum Gasteiger partial charge on any atom is -0.336 e. The number of nitrogens with one attached hydrogen (secondary N) is 3. The predicted octanol–water partition coefficient (Wildman–Crippen LogP) is 2.79. The third kappa shape index (κ3) is 4.49. The van der Waals surface area contributed by atoms with E-state index in [1.165, 1.54) is 25.3 Å². The van der Waals surface area contributed by atoms with E-state index in [0.717, 1.165) is 13.0 Å². The van der Waals surface area contributed by atoms with Crippen LogP contribution in [0.15, 0.2) is 18.2 Å². The summed E-state index contributed by atoms with van der Waals surface area (Å²) >= 11 is 0. The van der Waals surface area contributed by atoms with Crippen LogP contribution in [0.1, 0.15) is 31.2 Å². The zero-order valence-corrected chi connectivity index (χ0v) is 11.8. The smallest absolute Gasteiger partial charge is 0.319 e. The highest BCUT2D eigenvalue weighted by molar-refractivity contribution is 5.89. The molecular weight excluding hydrogens is 257 g/mol. The van der Waals surface area contributed by atoms with Gasteiger partial charge in [0.2, 0.25) is 0 Å². The molecule has 5 heteroatoms. The second kappa shape index (κ2) is 7.24. The fraction of sp³-hybridized carbons (Fsp3) is 0.533. The monoisotopic (exact) mass is 279 g/mol. The van der Waals surface area contributed by atoms with E-state index in [2.05, 4.69) is 16.0 Å². The molecule has 1 fully saturated rings. The number of carbonyl (C=O) groups is 1. The molecule has 2 amide bonds. The first-order valence-corrected chi connectivity index (χ1v) is 7.19. The summed E-state index contributed by atoms with van der Waals surface area (Å²) in [7, 11) is 0. The molecule has 0 saturated carbocycles. The maximum absolute atomic E-state index is 13.1. The number of carbonyl (C=O) groups excluding carboxylic acids is 1. The first-order valence-electron chi connectivity index (χ1n) is 7.19. The van der Waals surface area contributed by atoms with Gasteiger partial charge < -0.3 is 16.0 Å². The molecular formula is C15H22FN3O. The number of amides is 2. The van der Waals surface area contributed by atoms with Gasteiger partial charge in [-0.15, -0.1) is 0 Å². The second-order valence-corrected chi connectivity index (χ2v) is 5.30. The number of hydrogen-bond donors (Lipinski definition) is 3. The lowest BCUT2D eigenvalue weighted by Gasteiger charge is -2.16. The largest absolute Gasteiger partial charge is 0.336 e. The van der Waals surface area contributed by atoms with Gasteiger partial charge in [-0.2, -0.15) is 0 Å². The Labute approximate surface area is 119 Å². The van der Waals surface area contributed by atoms with Gasteiger partial charge in [0, 0.05) is 18.3 Å². The molecule has 1 aromatic carbocycles. The third-order valence-electron chi connectivity index (χ3n) is 3.59. The Morgan fingerprint density at radius 1 is 1.40 bits per heavy atom. The predicted molar refractivity (Wildman–Crippen MR) is 78.4 cm³/mol. The molecule has 3 N–H and O–H groups in total. The standard InChI is InChI=1S/C15H22FN3O/c1-11-9-12(6-7-14(11)16)19-15(20)18-10-13-5-3-2-4-8-17-13/h6-7,9,13,17H,2-5,8,10H2,1H3,(H2,18,19,20)/t13-/m0/s1. The highest BCUT2D eigenvalue weighted by Gasteiger charge is 2.12. The summed E-state index contributed by atoms with van der Waals surface area (Å²) in [5.74, 6) is -0.265. The van der Waals surface area contributed by atoms with Gasteiger partial charge in [0.25, 0.3) is 0 Å². The van der Waals surface area contributed by atoms with Gasteiger partial charge in [0.1, 0.15) is 5.82 Å². The molecule has 0 unspecified atom stereocenters. The normalized spacial score (nSPS) is 19.2. The molecule has 1 atom stereocenters. The van der Waals surface area contributed by atoms with E-state index >= 15 is 0 Å². The summed E-state index contributed by atoms with van der Waals surface area (Å²) in [4.78, 5) is 11.8. The van der Waals surface area contributed by atoms with E-state index in [1.807, 2.05) is 0 Å². The molecule has 20 heavy (non-hydrogen) atoms. The lowest BCUT2D eigenvalue weighted by atomic mass is 10.1. The third-order valence-corrected chi connectivity index (χ3v) is 3.59. The summed E-state index contributed by atoms with van der Waals surface area (Å²) in [6, 6.07) is 4.64. The van der Waals surface area contributed by atoms with Crippen molar-refractivity contribution in [3.63, 3.8) is 0 Å². The molecule has 0 spiro atoms. The number of anilines is 1. The molecule has 110 valence electrons. The summed E-state index contributed by atoms with van der Waals surface area (Å²) in [5.41, 5.74) is 1.13. The first kappa shape index (κ1) is 14.8. The van der Waals surface area contributed by atoms with Crippen LogP contribution in [-0.4, -0.2) is 25.2 Å².